The summed E-state index contributed by atoms with van der Waals surface area (Å²) in [5.74, 6) is -1.77. The fourth-order valence-corrected chi connectivity index (χ4v) is 2.97. The molecule has 2 heterocycles. The van der Waals surface area contributed by atoms with Gasteiger partial charge in [-0.25, -0.2) is 9.78 Å². The van der Waals surface area contributed by atoms with Crippen LogP contribution in [0.3, 0.4) is 0 Å². The Kier molecular flexibility index (Phi) is 6.36. The average Bonchev–Trinajstić information content (AvgIpc) is 3.26. The zero-order valence-electron chi connectivity index (χ0n) is 15.4. The molecule has 144 valence electrons. The van der Waals surface area contributed by atoms with Crippen LogP contribution in [-0.2, 0) is 9.59 Å². The zero-order chi connectivity index (χ0) is 19.4. The van der Waals surface area contributed by atoms with Crippen LogP contribution in [0, 0.1) is 5.92 Å². The normalized spacial score (nSPS) is 20.5. The minimum Gasteiger partial charge on any atom is -0.480 e. The third-order valence-corrected chi connectivity index (χ3v) is 4.76. The Bertz CT molecular complexity index is 672. The Morgan fingerprint density at radius 2 is 2.15 bits per heavy atom. The Morgan fingerprint density at radius 3 is 2.69 bits per heavy atom. The van der Waals surface area contributed by atoms with E-state index in [1.807, 2.05) is 6.92 Å². The highest BCUT2D eigenvalue weighted by Crippen LogP contribution is 2.21. The van der Waals surface area contributed by atoms with Crippen LogP contribution in [0.15, 0.2) is 10.7 Å². The van der Waals surface area contributed by atoms with Crippen molar-refractivity contribution in [1.29, 1.82) is 0 Å². The summed E-state index contributed by atoms with van der Waals surface area (Å²) in [5.41, 5.74) is 3.93. The summed E-state index contributed by atoms with van der Waals surface area (Å²) in [7, 11) is 0. The van der Waals surface area contributed by atoms with E-state index in [2.05, 4.69) is 16.0 Å². The lowest BCUT2D eigenvalue weighted by Gasteiger charge is -2.26. The van der Waals surface area contributed by atoms with Gasteiger partial charge in [0.15, 0.2) is 11.7 Å². The number of likely N-dealkylation sites (tertiary alicyclic amines) is 1. The Morgan fingerprint density at radius 1 is 1.46 bits per heavy atom. The first-order valence-corrected chi connectivity index (χ1v) is 8.88. The first-order valence-electron chi connectivity index (χ1n) is 8.88. The molecule has 2 rings (SSSR count). The van der Waals surface area contributed by atoms with Crippen molar-refractivity contribution in [3.8, 4) is 0 Å². The third-order valence-electron chi connectivity index (χ3n) is 4.76. The van der Waals surface area contributed by atoms with Crippen LogP contribution < -0.4 is 11.1 Å². The molecule has 2 amide bonds. The predicted molar refractivity (Wildman–Crippen MR) is 90.9 cm³/mol. The van der Waals surface area contributed by atoms with Crippen molar-refractivity contribution in [3.63, 3.8) is 0 Å². The smallest absolute Gasteiger partial charge is 0.326 e. The monoisotopic (exact) mass is 367 g/mol. The van der Waals surface area contributed by atoms with Gasteiger partial charge < -0.3 is 25.5 Å². The second-order valence-corrected chi connectivity index (χ2v) is 6.84. The molecule has 0 bridgehead atoms. The van der Waals surface area contributed by atoms with Gasteiger partial charge in [0.2, 0.25) is 5.91 Å². The second kappa shape index (κ2) is 8.31. The molecule has 0 saturated carbocycles. The molecule has 5 N–H and O–H groups in total. The van der Waals surface area contributed by atoms with Crippen LogP contribution in [0.1, 0.15) is 62.5 Å². The second-order valence-electron chi connectivity index (χ2n) is 6.84. The number of hydrogen-bond donors (Lipinski definition) is 3. The van der Waals surface area contributed by atoms with Crippen LogP contribution in [0.2, 0.25) is 0 Å². The van der Waals surface area contributed by atoms with E-state index in [0.717, 1.165) is 0 Å². The van der Waals surface area contributed by atoms with Crippen molar-refractivity contribution < 1.29 is 29.6 Å². The summed E-state index contributed by atoms with van der Waals surface area (Å²) in [6.45, 7) is 5.85. The molecule has 1 aliphatic rings. The van der Waals surface area contributed by atoms with Crippen molar-refractivity contribution >= 4 is 17.8 Å². The van der Waals surface area contributed by atoms with Gasteiger partial charge in [0.1, 0.15) is 18.3 Å². The van der Waals surface area contributed by atoms with E-state index in [1.165, 1.54) is 11.2 Å². The van der Waals surface area contributed by atoms with Gasteiger partial charge in [-0.1, -0.05) is 20.3 Å². The standard InChI is InChI=1S/C17H26N4O5/c1-4-9(2)13(17(24)25)20-14(22)12-6-5-7-21(12)16(23)11-8-26-15(19-11)10(3)18/h8-10,12-13H,4-7,18H2,1-3H3,(H,20,22)(H,24,25)/p+1. The summed E-state index contributed by atoms with van der Waals surface area (Å²) in [6.07, 6.45) is 3.05. The van der Waals surface area contributed by atoms with Gasteiger partial charge in [0.05, 0.1) is 0 Å². The van der Waals surface area contributed by atoms with E-state index in [-0.39, 0.29) is 17.7 Å². The number of carboxylic acid groups (broad SMARTS) is 1. The topological polar surface area (TPSA) is 140 Å². The van der Waals surface area contributed by atoms with Gasteiger partial charge in [0, 0.05) is 6.54 Å². The van der Waals surface area contributed by atoms with Gasteiger partial charge >= 0.3 is 5.97 Å². The summed E-state index contributed by atoms with van der Waals surface area (Å²) in [4.78, 5) is 42.3. The number of aromatic nitrogens is 1. The lowest BCUT2D eigenvalue weighted by Crippen LogP contribution is -2.53. The zero-order valence-corrected chi connectivity index (χ0v) is 15.4. The summed E-state index contributed by atoms with van der Waals surface area (Å²) in [5, 5.41) is 11.9. The fourth-order valence-electron chi connectivity index (χ4n) is 2.97. The molecule has 0 radical (unpaired) electrons. The summed E-state index contributed by atoms with van der Waals surface area (Å²) in [6, 6.07) is -1.87. The third kappa shape index (κ3) is 4.21. The maximum absolute atomic E-state index is 12.7. The maximum Gasteiger partial charge on any atom is 0.326 e. The minimum atomic E-state index is -1.07. The largest absolute Gasteiger partial charge is 0.480 e. The molecule has 0 spiro atoms. The molecule has 1 fully saturated rings. The maximum atomic E-state index is 12.7. The highest BCUT2D eigenvalue weighted by atomic mass is 16.4. The molecule has 0 aliphatic carbocycles. The lowest BCUT2D eigenvalue weighted by molar-refractivity contribution is -0.425. The molecule has 1 aromatic heterocycles. The quantitative estimate of drug-likeness (QED) is 0.629. The first-order chi connectivity index (χ1) is 12.3. The number of nitrogens with one attached hydrogen (secondary N) is 1. The molecule has 26 heavy (non-hydrogen) atoms. The molecule has 1 aromatic rings. The number of rotatable bonds is 7. The van der Waals surface area contributed by atoms with Gasteiger partial charge in [-0.3, -0.25) is 9.59 Å². The molecule has 4 atom stereocenters. The Labute approximate surface area is 151 Å². The molecule has 9 nitrogen and oxygen atoms in total. The van der Waals surface area contributed by atoms with Crippen LogP contribution >= 0.6 is 0 Å². The highest BCUT2D eigenvalue weighted by Gasteiger charge is 2.38. The SMILES string of the molecule is CCC(C)C(NC(=O)C1CCCN1C(=O)c1coc(C(C)[NH3+])n1)C(=O)O. The van der Waals surface area contributed by atoms with Crippen molar-refractivity contribution in [1.82, 2.24) is 15.2 Å². The Balaban J connectivity index is 2.11. The lowest BCUT2D eigenvalue weighted by atomic mass is 9.99. The summed E-state index contributed by atoms with van der Waals surface area (Å²) < 4.78 is 5.25. The molecule has 0 aromatic carbocycles. The number of oxazole rings is 1. The van der Waals surface area contributed by atoms with Crippen molar-refractivity contribution in [2.24, 2.45) is 5.92 Å². The summed E-state index contributed by atoms with van der Waals surface area (Å²) >= 11 is 0. The molecular weight excluding hydrogens is 340 g/mol. The van der Waals surface area contributed by atoms with E-state index < -0.39 is 29.9 Å². The fraction of sp³-hybridized carbons (Fsp3) is 0.647. The van der Waals surface area contributed by atoms with E-state index in [0.29, 0.717) is 31.7 Å². The van der Waals surface area contributed by atoms with E-state index in [1.54, 1.807) is 13.8 Å². The first kappa shape index (κ1) is 19.9. The van der Waals surface area contributed by atoms with E-state index >= 15 is 0 Å². The number of quaternary nitrogens is 1. The van der Waals surface area contributed by atoms with Crippen LogP contribution in [0.4, 0.5) is 0 Å². The average molecular weight is 367 g/mol. The minimum absolute atomic E-state index is 0.131. The van der Waals surface area contributed by atoms with Crippen molar-refractivity contribution in [3.05, 3.63) is 17.8 Å². The number of carboxylic acids is 1. The highest BCUT2D eigenvalue weighted by molar-refractivity contribution is 5.97. The van der Waals surface area contributed by atoms with Gasteiger partial charge in [0.25, 0.3) is 11.8 Å². The van der Waals surface area contributed by atoms with E-state index in [4.69, 9.17) is 4.42 Å². The van der Waals surface area contributed by atoms with E-state index in [9.17, 15) is 19.5 Å². The van der Waals surface area contributed by atoms with Crippen LogP contribution in [0.5, 0.6) is 0 Å². The predicted octanol–water partition coefficient (Wildman–Crippen LogP) is 0.198. The number of hydrogen-bond acceptors (Lipinski definition) is 5. The van der Waals surface area contributed by atoms with Crippen LogP contribution in [0.25, 0.3) is 0 Å². The molecule has 9 heteroatoms. The molecule has 1 saturated heterocycles. The number of nitrogens with zero attached hydrogens (tertiary/aromatic N) is 2. The number of carbonyl (C=O) groups is 3. The number of carbonyl (C=O) groups excluding carboxylic acids is 2. The van der Waals surface area contributed by atoms with Gasteiger partial charge in [-0.15, -0.1) is 0 Å². The molecule has 4 unspecified atom stereocenters. The molecular formula is C17H27N4O5+. The Hall–Kier alpha value is -2.42. The van der Waals surface area contributed by atoms with Crippen molar-refractivity contribution in [2.75, 3.05) is 6.54 Å². The number of amides is 2. The number of aliphatic carboxylic acids is 1. The van der Waals surface area contributed by atoms with Crippen LogP contribution in [-0.4, -0.2) is 51.4 Å². The molecule has 1 aliphatic heterocycles. The van der Waals surface area contributed by atoms with Gasteiger partial charge in [-0.2, -0.15) is 0 Å². The van der Waals surface area contributed by atoms with Gasteiger partial charge in [-0.05, 0) is 25.7 Å². The van der Waals surface area contributed by atoms with Crippen molar-refractivity contribution in [2.45, 2.75) is 58.2 Å².